The molecule has 1 aliphatic heterocycles. The van der Waals surface area contributed by atoms with Crippen molar-refractivity contribution in [1.82, 2.24) is 0 Å². The Morgan fingerprint density at radius 2 is 1.88 bits per heavy atom. The van der Waals surface area contributed by atoms with Crippen LogP contribution in [0.1, 0.15) is 18.4 Å². The van der Waals surface area contributed by atoms with Gasteiger partial charge < -0.3 is 9.80 Å². The van der Waals surface area contributed by atoms with Gasteiger partial charge >= 0.3 is 0 Å². The Kier molecular flexibility index (Phi) is 4.37. The third-order valence-electron chi connectivity index (χ3n) is 6.21. The maximum Gasteiger partial charge on any atom is 0.269 e. The molecule has 0 spiro atoms. The summed E-state index contributed by atoms with van der Waals surface area (Å²) in [7, 11) is 0. The number of allylic oxidation sites excluding steroid dienone is 2. The highest BCUT2D eigenvalue weighted by molar-refractivity contribution is 5.33. The Morgan fingerprint density at radius 1 is 1.08 bits per heavy atom. The number of hydrogen-bond donors (Lipinski definition) is 2. The van der Waals surface area contributed by atoms with Crippen molar-refractivity contribution in [3.63, 3.8) is 0 Å². The molecular formula is C19H27N3O2+2. The van der Waals surface area contributed by atoms with Gasteiger partial charge in [0.15, 0.2) is 0 Å². The molecule has 1 aromatic rings. The van der Waals surface area contributed by atoms with Crippen LogP contribution < -0.4 is 9.80 Å². The maximum absolute atomic E-state index is 10.9. The monoisotopic (exact) mass is 329 g/mol. The molecule has 0 amide bonds. The number of benzene rings is 1. The molecule has 128 valence electrons. The van der Waals surface area contributed by atoms with Crippen molar-refractivity contribution in [3.05, 3.63) is 52.1 Å². The van der Waals surface area contributed by atoms with Crippen molar-refractivity contribution in [2.75, 3.05) is 32.7 Å². The minimum Gasteiger partial charge on any atom is -0.325 e. The third-order valence-corrected chi connectivity index (χ3v) is 6.21. The van der Waals surface area contributed by atoms with E-state index in [0.29, 0.717) is 0 Å². The number of non-ortho nitro benzene ring substituents is 1. The van der Waals surface area contributed by atoms with Gasteiger partial charge in [0.1, 0.15) is 32.7 Å². The molecule has 1 heterocycles. The lowest BCUT2D eigenvalue weighted by Crippen LogP contribution is -3.27. The van der Waals surface area contributed by atoms with Gasteiger partial charge in [-0.2, -0.15) is 0 Å². The highest BCUT2D eigenvalue weighted by Crippen LogP contribution is 2.42. The zero-order chi connectivity index (χ0) is 16.5. The summed E-state index contributed by atoms with van der Waals surface area (Å²) in [4.78, 5) is 13.9. The van der Waals surface area contributed by atoms with Gasteiger partial charge in [-0.1, -0.05) is 24.3 Å². The lowest BCUT2D eigenvalue weighted by Gasteiger charge is -2.32. The molecule has 5 heteroatoms. The van der Waals surface area contributed by atoms with Crippen LogP contribution in [0.4, 0.5) is 5.69 Å². The Bertz CT molecular complexity index is 637. The number of hydrogen-bond acceptors (Lipinski definition) is 2. The van der Waals surface area contributed by atoms with Gasteiger partial charge in [-0.05, 0) is 24.7 Å². The van der Waals surface area contributed by atoms with E-state index in [1.807, 2.05) is 6.07 Å². The molecule has 24 heavy (non-hydrogen) atoms. The van der Waals surface area contributed by atoms with Crippen LogP contribution in [-0.4, -0.2) is 37.6 Å². The number of nitro groups is 1. The second-order valence-corrected chi connectivity index (χ2v) is 7.85. The standard InChI is InChI=1S/C19H25N3O2/c23-22(24)19-3-1-2-16(12-19)13-20-6-8-21(9-7-20)14-18-11-15-4-5-17(18)10-15/h1-5,12,15,17-18H,6-11,13-14H2/p+2/t15-,17+,18+/m1/s1. The molecule has 3 aliphatic rings. The van der Waals surface area contributed by atoms with Crippen LogP contribution in [0.25, 0.3) is 0 Å². The molecule has 1 aromatic carbocycles. The first-order valence-electron chi connectivity index (χ1n) is 9.26. The number of nitrogens with zero attached hydrogens (tertiary/aromatic N) is 1. The number of nitro benzene ring substituents is 1. The molecule has 3 atom stereocenters. The second-order valence-electron chi connectivity index (χ2n) is 7.85. The van der Waals surface area contributed by atoms with Crippen LogP contribution in [0, 0.1) is 27.9 Å². The number of fused-ring (bicyclic) bond motifs is 2. The summed E-state index contributed by atoms with van der Waals surface area (Å²) in [6, 6.07) is 7.12. The van der Waals surface area contributed by atoms with Gasteiger partial charge in [0, 0.05) is 23.6 Å². The highest BCUT2D eigenvalue weighted by Gasteiger charge is 2.38. The molecule has 5 nitrogen and oxygen atoms in total. The molecular weight excluding hydrogens is 302 g/mol. The molecule has 2 N–H and O–H groups in total. The van der Waals surface area contributed by atoms with Gasteiger partial charge in [-0.3, -0.25) is 10.1 Å². The van der Waals surface area contributed by atoms with Gasteiger partial charge in [0.05, 0.1) is 11.5 Å². The van der Waals surface area contributed by atoms with E-state index in [1.54, 1.807) is 28.0 Å². The summed E-state index contributed by atoms with van der Waals surface area (Å²) in [5, 5.41) is 10.9. The molecule has 1 saturated heterocycles. The minimum absolute atomic E-state index is 0.209. The summed E-state index contributed by atoms with van der Waals surface area (Å²) in [5.74, 6) is 2.64. The normalized spacial score (nSPS) is 34.6. The summed E-state index contributed by atoms with van der Waals surface area (Å²) < 4.78 is 0. The van der Waals surface area contributed by atoms with E-state index in [1.165, 1.54) is 45.6 Å². The fourth-order valence-electron chi connectivity index (χ4n) is 4.91. The predicted octanol–water partition coefficient (Wildman–Crippen LogP) is 0.0904. The quantitative estimate of drug-likeness (QED) is 0.457. The maximum atomic E-state index is 10.9. The fourth-order valence-corrected chi connectivity index (χ4v) is 4.91. The van der Waals surface area contributed by atoms with Crippen LogP contribution in [-0.2, 0) is 6.54 Å². The largest absolute Gasteiger partial charge is 0.325 e. The molecule has 4 rings (SSSR count). The van der Waals surface area contributed by atoms with Crippen LogP contribution in [0.2, 0.25) is 0 Å². The van der Waals surface area contributed by atoms with Crippen molar-refractivity contribution in [1.29, 1.82) is 0 Å². The van der Waals surface area contributed by atoms with E-state index in [-0.39, 0.29) is 10.6 Å². The van der Waals surface area contributed by atoms with Gasteiger partial charge in [-0.15, -0.1) is 0 Å². The number of piperazine rings is 1. The third kappa shape index (κ3) is 3.37. The van der Waals surface area contributed by atoms with Crippen molar-refractivity contribution in [3.8, 4) is 0 Å². The molecule has 1 saturated carbocycles. The van der Waals surface area contributed by atoms with Crippen molar-refractivity contribution < 1.29 is 14.7 Å². The Morgan fingerprint density at radius 3 is 2.54 bits per heavy atom. The molecule has 2 aliphatic carbocycles. The first-order valence-corrected chi connectivity index (χ1v) is 9.26. The van der Waals surface area contributed by atoms with E-state index >= 15 is 0 Å². The minimum atomic E-state index is -0.301. The summed E-state index contributed by atoms with van der Waals surface area (Å²) in [5.41, 5.74) is 1.29. The molecule has 2 fully saturated rings. The highest BCUT2D eigenvalue weighted by atomic mass is 16.6. The number of nitrogens with one attached hydrogen (secondary N) is 2. The van der Waals surface area contributed by atoms with Crippen molar-refractivity contribution >= 4 is 5.69 Å². The summed E-state index contributed by atoms with van der Waals surface area (Å²) in [6.07, 6.45) is 7.71. The topological polar surface area (TPSA) is 52.0 Å². The number of rotatable bonds is 5. The first kappa shape index (κ1) is 15.8. The van der Waals surface area contributed by atoms with Crippen LogP contribution >= 0.6 is 0 Å². The van der Waals surface area contributed by atoms with Gasteiger partial charge in [0.2, 0.25) is 0 Å². The van der Waals surface area contributed by atoms with Gasteiger partial charge in [0.25, 0.3) is 5.69 Å². The molecule has 0 aromatic heterocycles. The fraction of sp³-hybridized carbons (Fsp3) is 0.579. The lowest BCUT2D eigenvalue weighted by atomic mass is 9.93. The van der Waals surface area contributed by atoms with Crippen LogP contribution in [0.15, 0.2) is 36.4 Å². The molecule has 0 unspecified atom stereocenters. The Labute approximate surface area is 143 Å². The van der Waals surface area contributed by atoms with Gasteiger partial charge in [-0.25, -0.2) is 0 Å². The van der Waals surface area contributed by atoms with E-state index in [0.717, 1.165) is 29.9 Å². The van der Waals surface area contributed by atoms with E-state index in [9.17, 15) is 10.1 Å². The average Bonchev–Trinajstić information content (AvgIpc) is 3.20. The van der Waals surface area contributed by atoms with E-state index in [4.69, 9.17) is 0 Å². The number of quaternary nitrogens is 2. The van der Waals surface area contributed by atoms with Crippen LogP contribution in [0.5, 0.6) is 0 Å². The Hall–Kier alpha value is -1.72. The predicted molar refractivity (Wildman–Crippen MR) is 91.9 cm³/mol. The van der Waals surface area contributed by atoms with Crippen molar-refractivity contribution in [2.24, 2.45) is 17.8 Å². The molecule has 2 bridgehead atoms. The lowest BCUT2D eigenvalue weighted by molar-refractivity contribution is -1.02. The second kappa shape index (κ2) is 6.65. The summed E-state index contributed by atoms with van der Waals surface area (Å²) >= 11 is 0. The summed E-state index contributed by atoms with van der Waals surface area (Å²) in [6.45, 7) is 7.08. The first-order chi connectivity index (χ1) is 11.7. The molecule has 0 radical (unpaired) electrons. The Balaban J connectivity index is 1.26. The van der Waals surface area contributed by atoms with Crippen molar-refractivity contribution in [2.45, 2.75) is 19.4 Å². The van der Waals surface area contributed by atoms with Crippen LogP contribution in [0.3, 0.4) is 0 Å². The van der Waals surface area contributed by atoms with E-state index in [2.05, 4.69) is 12.2 Å². The smallest absolute Gasteiger partial charge is 0.269 e. The van der Waals surface area contributed by atoms with E-state index < -0.39 is 0 Å². The zero-order valence-electron chi connectivity index (χ0n) is 14.1. The average molecular weight is 329 g/mol. The SMILES string of the molecule is O=[N+]([O-])c1cccc(C[NH+]2CC[NH+](C[C@@H]3C[C@@H]4C=C[C@H]3C4)CC2)c1. The zero-order valence-corrected chi connectivity index (χ0v) is 14.1.